The quantitative estimate of drug-likeness (QED) is 0.718. The van der Waals surface area contributed by atoms with Gasteiger partial charge in [0.1, 0.15) is 5.78 Å². The predicted molar refractivity (Wildman–Crippen MR) is 111 cm³/mol. The number of fused-ring (bicyclic) bond motifs is 1. The molecule has 1 fully saturated rings. The van der Waals surface area contributed by atoms with E-state index in [1.807, 2.05) is 42.5 Å². The van der Waals surface area contributed by atoms with Crippen LogP contribution in [0.5, 0.6) is 0 Å². The maximum absolute atomic E-state index is 12.7. The van der Waals surface area contributed by atoms with Crippen LogP contribution in [0.25, 0.3) is 0 Å². The van der Waals surface area contributed by atoms with Gasteiger partial charge in [-0.05, 0) is 35.7 Å². The molecule has 4 rings (SSSR count). The van der Waals surface area contributed by atoms with E-state index in [1.165, 1.54) is 0 Å². The largest absolute Gasteiger partial charge is 0.376 e. The Hall–Kier alpha value is -3.48. The van der Waals surface area contributed by atoms with Gasteiger partial charge in [0, 0.05) is 30.8 Å². The lowest BCUT2D eigenvalue weighted by molar-refractivity contribution is -0.133. The number of hydrogen-bond donors (Lipinski definition) is 2. The number of Topliss-reactive ketones (excluding diaryl/α,β-unsaturated/α-hetero) is 2. The van der Waals surface area contributed by atoms with E-state index < -0.39 is 6.04 Å². The third kappa shape index (κ3) is 4.25. The number of carbonyl (C=O) groups excluding carboxylic acids is 4. The predicted octanol–water partition coefficient (Wildman–Crippen LogP) is 2.06. The molecule has 154 valence electrons. The van der Waals surface area contributed by atoms with Crippen LogP contribution < -0.4 is 10.6 Å². The zero-order valence-electron chi connectivity index (χ0n) is 16.5. The smallest absolute Gasteiger partial charge is 0.255 e. The molecule has 1 atom stereocenters. The Morgan fingerprint density at radius 1 is 1.07 bits per heavy atom. The van der Waals surface area contributed by atoms with Crippen LogP contribution in [0.15, 0.2) is 48.5 Å². The van der Waals surface area contributed by atoms with E-state index in [0.29, 0.717) is 31.5 Å². The van der Waals surface area contributed by atoms with Gasteiger partial charge in [0.15, 0.2) is 5.78 Å². The highest BCUT2D eigenvalue weighted by Gasteiger charge is 2.38. The fraction of sp³-hybridized carbons (Fsp3) is 0.304. The highest BCUT2D eigenvalue weighted by atomic mass is 16.2. The second-order valence-corrected chi connectivity index (χ2v) is 7.66. The highest BCUT2D eigenvalue weighted by Crippen LogP contribution is 2.29. The molecule has 1 aliphatic carbocycles. The highest BCUT2D eigenvalue weighted by molar-refractivity contribution is 6.07. The van der Waals surface area contributed by atoms with Gasteiger partial charge in [0.05, 0.1) is 19.0 Å². The number of nitrogens with one attached hydrogen (secondary N) is 2. The number of hydrogen-bond acceptors (Lipinski definition) is 5. The van der Waals surface area contributed by atoms with E-state index in [9.17, 15) is 19.2 Å². The van der Waals surface area contributed by atoms with Crippen molar-refractivity contribution in [3.63, 3.8) is 0 Å². The normalized spacial score (nSPS) is 18.3. The Bertz CT molecular complexity index is 1000. The van der Waals surface area contributed by atoms with Gasteiger partial charge >= 0.3 is 0 Å². The van der Waals surface area contributed by atoms with Gasteiger partial charge in [-0.2, -0.15) is 0 Å². The third-order valence-electron chi connectivity index (χ3n) is 5.53. The molecule has 2 aromatic carbocycles. The van der Waals surface area contributed by atoms with E-state index in [4.69, 9.17) is 0 Å². The fourth-order valence-electron chi connectivity index (χ4n) is 3.95. The Morgan fingerprint density at radius 3 is 2.63 bits per heavy atom. The SMILES string of the molecule is O=C1CCC(N2Cc3cc(CNC(=O)CNc4ccccc4)ccc3C2=O)C(=O)C1. The molecule has 1 saturated carbocycles. The van der Waals surface area contributed by atoms with Crippen molar-refractivity contribution in [3.05, 3.63) is 65.2 Å². The van der Waals surface area contributed by atoms with E-state index in [-0.39, 0.29) is 36.3 Å². The number of nitrogens with zero attached hydrogens (tertiary/aromatic N) is 1. The summed E-state index contributed by atoms with van der Waals surface area (Å²) in [6.45, 7) is 0.882. The third-order valence-corrected chi connectivity index (χ3v) is 5.53. The minimum Gasteiger partial charge on any atom is -0.376 e. The summed E-state index contributed by atoms with van der Waals surface area (Å²) in [7, 11) is 0. The van der Waals surface area contributed by atoms with Crippen molar-refractivity contribution in [2.75, 3.05) is 11.9 Å². The van der Waals surface area contributed by atoms with E-state index in [1.54, 1.807) is 11.0 Å². The zero-order valence-corrected chi connectivity index (χ0v) is 16.5. The average Bonchev–Trinajstić information content (AvgIpc) is 3.07. The van der Waals surface area contributed by atoms with Crippen LogP contribution in [0.1, 0.15) is 40.7 Å². The fourth-order valence-corrected chi connectivity index (χ4v) is 3.95. The molecule has 0 aromatic heterocycles. The molecule has 30 heavy (non-hydrogen) atoms. The number of rotatable bonds is 6. The first kappa shape index (κ1) is 19.8. The Labute approximate surface area is 174 Å². The number of anilines is 1. The summed E-state index contributed by atoms with van der Waals surface area (Å²) in [6, 6.07) is 14.4. The molecule has 1 heterocycles. The van der Waals surface area contributed by atoms with Crippen LogP contribution in [0.3, 0.4) is 0 Å². The zero-order chi connectivity index (χ0) is 21.1. The molecule has 2 amide bonds. The van der Waals surface area contributed by atoms with E-state index in [2.05, 4.69) is 10.6 Å². The number of ketones is 2. The van der Waals surface area contributed by atoms with Gasteiger partial charge in [-0.3, -0.25) is 19.2 Å². The maximum Gasteiger partial charge on any atom is 0.255 e. The van der Waals surface area contributed by atoms with Crippen molar-refractivity contribution >= 4 is 29.1 Å². The monoisotopic (exact) mass is 405 g/mol. The summed E-state index contributed by atoms with van der Waals surface area (Å²) >= 11 is 0. The second-order valence-electron chi connectivity index (χ2n) is 7.66. The van der Waals surface area contributed by atoms with Crippen LogP contribution in [0.4, 0.5) is 5.69 Å². The second kappa shape index (κ2) is 8.49. The van der Waals surface area contributed by atoms with Gasteiger partial charge < -0.3 is 15.5 Å². The van der Waals surface area contributed by atoms with Crippen molar-refractivity contribution in [2.45, 2.75) is 38.4 Å². The maximum atomic E-state index is 12.7. The van der Waals surface area contributed by atoms with Crippen molar-refractivity contribution in [1.29, 1.82) is 0 Å². The molecular formula is C23H23N3O4. The first-order chi connectivity index (χ1) is 14.5. The topological polar surface area (TPSA) is 95.6 Å². The number of carbonyl (C=O) groups is 4. The first-order valence-electron chi connectivity index (χ1n) is 10.0. The first-order valence-corrected chi connectivity index (χ1v) is 10.0. The van der Waals surface area contributed by atoms with Crippen LogP contribution in [-0.4, -0.2) is 40.9 Å². The number of para-hydroxylation sites is 1. The van der Waals surface area contributed by atoms with Crippen LogP contribution >= 0.6 is 0 Å². The molecule has 7 heteroatoms. The Balaban J connectivity index is 1.34. The Kier molecular flexibility index (Phi) is 5.61. The van der Waals surface area contributed by atoms with Crippen LogP contribution in [0, 0.1) is 0 Å². The van der Waals surface area contributed by atoms with Gasteiger partial charge in [-0.1, -0.05) is 30.3 Å². The molecular weight excluding hydrogens is 382 g/mol. The standard InChI is InChI=1S/C23H23N3O4/c27-18-7-9-20(21(28)11-18)26-14-16-10-15(6-8-19(16)23(26)30)12-25-22(29)13-24-17-4-2-1-3-5-17/h1-6,8,10,20,24H,7,9,11-14H2,(H,25,29). The molecule has 7 nitrogen and oxygen atoms in total. The molecule has 2 aliphatic rings. The van der Waals surface area contributed by atoms with Crippen molar-refractivity contribution in [1.82, 2.24) is 10.2 Å². The van der Waals surface area contributed by atoms with Gasteiger partial charge in [0.2, 0.25) is 5.91 Å². The molecule has 1 aliphatic heterocycles. The summed E-state index contributed by atoms with van der Waals surface area (Å²) < 4.78 is 0. The van der Waals surface area contributed by atoms with Crippen molar-refractivity contribution in [3.8, 4) is 0 Å². The lowest BCUT2D eigenvalue weighted by Gasteiger charge is -2.29. The summed E-state index contributed by atoms with van der Waals surface area (Å²) in [4.78, 5) is 50.1. The molecule has 2 aromatic rings. The van der Waals surface area contributed by atoms with Gasteiger partial charge in [-0.25, -0.2) is 0 Å². The van der Waals surface area contributed by atoms with Crippen molar-refractivity contribution in [2.24, 2.45) is 0 Å². The number of amides is 2. The van der Waals surface area contributed by atoms with Gasteiger partial charge in [0.25, 0.3) is 5.91 Å². The average molecular weight is 405 g/mol. The molecule has 1 unspecified atom stereocenters. The minimum absolute atomic E-state index is 0.0554. The summed E-state index contributed by atoms with van der Waals surface area (Å²) in [6.07, 6.45) is 0.651. The lowest BCUT2D eigenvalue weighted by atomic mass is 9.92. The van der Waals surface area contributed by atoms with Crippen LogP contribution in [0.2, 0.25) is 0 Å². The number of benzene rings is 2. The minimum atomic E-state index is -0.519. The molecule has 0 spiro atoms. The van der Waals surface area contributed by atoms with E-state index >= 15 is 0 Å². The molecule has 2 N–H and O–H groups in total. The van der Waals surface area contributed by atoms with Crippen LogP contribution in [-0.2, 0) is 27.5 Å². The molecule has 0 saturated heterocycles. The molecule has 0 radical (unpaired) electrons. The van der Waals surface area contributed by atoms with Crippen molar-refractivity contribution < 1.29 is 19.2 Å². The Morgan fingerprint density at radius 2 is 1.87 bits per heavy atom. The molecule has 0 bridgehead atoms. The van der Waals surface area contributed by atoms with E-state index in [0.717, 1.165) is 16.8 Å². The summed E-state index contributed by atoms with van der Waals surface area (Å²) in [5, 5.41) is 5.92. The van der Waals surface area contributed by atoms with Gasteiger partial charge in [-0.15, -0.1) is 0 Å². The summed E-state index contributed by atoms with van der Waals surface area (Å²) in [5.74, 6) is -0.527. The summed E-state index contributed by atoms with van der Waals surface area (Å²) in [5.41, 5.74) is 3.20. The lowest BCUT2D eigenvalue weighted by Crippen LogP contribution is -2.44.